The third-order valence-corrected chi connectivity index (χ3v) is 2.98. The van der Waals surface area contributed by atoms with E-state index in [2.05, 4.69) is 5.32 Å². The molecule has 0 radical (unpaired) electrons. The van der Waals surface area contributed by atoms with Crippen LogP contribution in [0.1, 0.15) is 18.4 Å². The largest absolute Gasteiger partial charge is 0.483 e. The van der Waals surface area contributed by atoms with E-state index in [-0.39, 0.29) is 0 Å². The first-order valence-corrected chi connectivity index (χ1v) is 6.71. The zero-order chi connectivity index (χ0) is 15.3. The molecule has 0 aromatic heterocycles. The number of para-hydroxylation sites is 1. The molecule has 1 fully saturated rings. The molecule has 0 unspecified atom stereocenters. The van der Waals surface area contributed by atoms with Gasteiger partial charge in [-0.1, -0.05) is 18.2 Å². The fourth-order valence-corrected chi connectivity index (χ4v) is 1.73. The van der Waals surface area contributed by atoms with Crippen molar-refractivity contribution in [2.45, 2.75) is 31.6 Å². The Morgan fingerprint density at radius 1 is 1.29 bits per heavy atom. The Kier molecular flexibility index (Phi) is 5.06. The molecule has 2 N–H and O–H groups in total. The molecule has 4 nitrogen and oxygen atoms in total. The van der Waals surface area contributed by atoms with Crippen molar-refractivity contribution < 1.29 is 22.7 Å². The first-order valence-electron chi connectivity index (χ1n) is 6.71. The Labute approximate surface area is 120 Å². The first kappa shape index (κ1) is 15.6. The second kappa shape index (κ2) is 6.80. The Morgan fingerprint density at radius 3 is 2.67 bits per heavy atom. The number of rotatable bonds is 7. The van der Waals surface area contributed by atoms with Gasteiger partial charge in [0.1, 0.15) is 12.3 Å². The molecular weight excluding hydrogens is 285 g/mol. The van der Waals surface area contributed by atoms with Crippen LogP contribution in [-0.2, 0) is 11.3 Å². The van der Waals surface area contributed by atoms with Gasteiger partial charge >= 0.3 is 6.18 Å². The average molecular weight is 302 g/mol. The maximum atomic E-state index is 12.0. The van der Waals surface area contributed by atoms with Gasteiger partial charge in [0.15, 0.2) is 6.61 Å². The summed E-state index contributed by atoms with van der Waals surface area (Å²) in [5, 5.41) is 5.08. The molecule has 1 aliphatic rings. The van der Waals surface area contributed by atoms with Crippen molar-refractivity contribution in [2.24, 2.45) is 0 Å². The zero-order valence-electron chi connectivity index (χ0n) is 11.4. The number of halogens is 3. The third kappa shape index (κ3) is 6.03. The van der Waals surface area contributed by atoms with E-state index < -0.39 is 25.2 Å². The van der Waals surface area contributed by atoms with Crippen molar-refractivity contribution in [2.75, 3.05) is 13.2 Å². The topological polar surface area (TPSA) is 50.4 Å². The third-order valence-electron chi connectivity index (χ3n) is 2.98. The van der Waals surface area contributed by atoms with Crippen molar-refractivity contribution in [3.63, 3.8) is 0 Å². The van der Waals surface area contributed by atoms with Crippen LogP contribution in [-0.4, -0.2) is 31.3 Å². The fourth-order valence-electron chi connectivity index (χ4n) is 1.73. The summed E-state index contributed by atoms with van der Waals surface area (Å²) in [4.78, 5) is 11.3. The second-order valence-electron chi connectivity index (χ2n) is 4.94. The van der Waals surface area contributed by atoms with Crippen LogP contribution in [0.15, 0.2) is 24.3 Å². The van der Waals surface area contributed by atoms with Gasteiger partial charge in [-0.05, 0) is 18.9 Å². The normalized spacial score (nSPS) is 14.8. The molecule has 0 spiro atoms. The number of nitrogens with one attached hydrogen (secondary N) is 2. The molecule has 0 bridgehead atoms. The van der Waals surface area contributed by atoms with Crippen LogP contribution < -0.4 is 15.4 Å². The molecule has 0 saturated heterocycles. The number of hydrogen-bond acceptors (Lipinski definition) is 3. The summed E-state index contributed by atoms with van der Waals surface area (Å²) in [6.07, 6.45) is -2.10. The van der Waals surface area contributed by atoms with E-state index >= 15 is 0 Å². The minimum absolute atomic E-state index is 0.434. The van der Waals surface area contributed by atoms with Crippen molar-refractivity contribution in [3.8, 4) is 5.75 Å². The van der Waals surface area contributed by atoms with Gasteiger partial charge in [0.25, 0.3) is 5.91 Å². The van der Waals surface area contributed by atoms with Crippen LogP contribution in [0.2, 0.25) is 0 Å². The van der Waals surface area contributed by atoms with Gasteiger partial charge < -0.3 is 15.4 Å². The van der Waals surface area contributed by atoms with E-state index in [0.29, 0.717) is 18.3 Å². The van der Waals surface area contributed by atoms with E-state index in [1.165, 1.54) is 0 Å². The highest BCUT2D eigenvalue weighted by atomic mass is 19.4. The molecule has 116 valence electrons. The van der Waals surface area contributed by atoms with E-state index in [4.69, 9.17) is 4.74 Å². The van der Waals surface area contributed by atoms with Gasteiger partial charge in [-0.2, -0.15) is 13.2 Å². The Hall–Kier alpha value is -1.76. The predicted octanol–water partition coefficient (Wildman–Crippen LogP) is 2.00. The highest BCUT2D eigenvalue weighted by Gasteiger charge is 2.27. The van der Waals surface area contributed by atoms with Gasteiger partial charge in [-0.15, -0.1) is 0 Å². The molecule has 21 heavy (non-hydrogen) atoms. The molecule has 1 aromatic rings. The molecule has 1 aromatic carbocycles. The molecule has 1 saturated carbocycles. The van der Waals surface area contributed by atoms with E-state index in [9.17, 15) is 18.0 Å². The summed E-state index contributed by atoms with van der Waals surface area (Å²) < 4.78 is 41.2. The molecule has 7 heteroatoms. The highest BCUT2D eigenvalue weighted by Crippen LogP contribution is 2.22. The van der Waals surface area contributed by atoms with Crippen LogP contribution in [0.25, 0.3) is 0 Å². The van der Waals surface area contributed by atoms with E-state index in [1.807, 2.05) is 12.1 Å². The maximum Gasteiger partial charge on any atom is 0.405 e. The average Bonchev–Trinajstić information content (AvgIpc) is 3.25. The Bertz CT molecular complexity index is 487. The lowest BCUT2D eigenvalue weighted by atomic mass is 10.2. The van der Waals surface area contributed by atoms with E-state index in [0.717, 1.165) is 18.4 Å². The van der Waals surface area contributed by atoms with Crippen LogP contribution in [0.3, 0.4) is 0 Å². The van der Waals surface area contributed by atoms with Crippen LogP contribution in [0.4, 0.5) is 13.2 Å². The second-order valence-corrected chi connectivity index (χ2v) is 4.94. The van der Waals surface area contributed by atoms with Crippen LogP contribution in [0.5, 0.6) is 5.75 Å². The number of alkyl halides is 3. The number of carbonyl (C=O) groups excluding carboxylic acids is 1. The maximum absolute atomic E-state index is 12.0. The summed E-state index contributed by atoms with van der Waals surface area (Å²) in [5.41, 5.74) is 0.882. The summed E-state index contributed by atoms with van der Waals surface area (Å²) in [6, 6.07) is 7.69. The van der Waals surface area contributed by atoms with E-state index in [1.54, 1.807) is 17.4 Å². The lowest BCUT2D eigenvalue weighted by molar-refractivity contribution is -0.139. The van der Waals surface area contributed by atoms with Gasteiger partial charge in [0.05, 0.1) is 0 Å². The smallest absolute Gasteiger partial charge is 0.405 e. The number of ether oxygens (including phenoxy) is 1. The lowest BCUT2D eigenvalue weighted by Crippen LogP contribution is -2.36. The van der Waals surface area contributed by atoms with Crippen LogP contribution >= 0.6 is 0 Å². The lowest BCUT2D eigenvalue weighted by Gasteiger charge is -2.12. The first-order chi connectivity index (χ1) is 9.94. The quantitative estimate of drug-likeness (QED) is 0.810. The number of hydrogen-bond donors (Lipinski definition) is 2. The summed E-state index contributed by atoms with van der Waals surface area (Å²) in [7, 11) is 0. The minimum atomic E-state index is -4.41. The van der Waals surface area contributed by atoms with Gasteiger partial charge in [-0.25, -0.2) is 0 Å². The molecular formula is C14H17F3N2O2. The monoisotopic (exact) mass is 302 g/mol. The fraction of sp³-hybridized carbons (Fsp3) is 0.500. The van der Waals surface area contributed by atoms with Crippen molar-refractivity contribution >= 4 is 5.91 Å². The Balaban J connectivity index is 1.80. The zero-order valence-corrected chi connectivity index (χ0v) is 11.4. The van der Waals surface area contributed by atoms with Crippen molar-refractivity contribution in [1.29, 1.82) is 0 Å². The SMILES string of the molecule is O=C(COc1ccccc1CNC1CC1)NCC(F)(F)F. The molecule has 1 amide bonds. The number of carbonyl (C=O) groups is 1. The predicted molar refractivity (Wildman–Crippen MR) is 70.9 cm³/mol. The number of amides is 1. The molecule has 0 heterocycles. The van der Waals surface area contributed by atoms with Crippen LogP contribution in [0, 0.1) is 0 Å². The summed E-state index contributed by atoms with van der Waals surface area (Å²) in [6.45, 7) is -1.17. The number of benzene rings is 1. The molecule has 1 aliphatic carbocycles. The molecule has 2 rings (SSSR count). The molecule has 0 atom stereocenters. The van der Waals surface area contributed by atoms with Gasteiger partial charge in [0.2, 0.25) is 0 Å². The van der Waals surface area contributed by atoms with Gasteiger partial charge in [-0.3, -0.25) is 4.79 Å². The standard InChI is InChI=1S/C14H17F3N2O2/c15-14(16,17)9-19-13(20)8-21-12-4-2-1-3-10(12)7-18-11-5-6-11/h1-4,11,18H,5-9H2,(H,19,20). The summed E-state index contributed by atoms with van der Waals surface area (Å²) >= 11 is 0. The Morgan fingerprint density at radius 2 is 2.00 bits per heavy atom. The highest BCUT2D eigenvalue weighted by molar-refractivity contribution is 5.77. The molecule has 0 aliphatic heterocycles. The van der Waals surface area contributed by atoms with Crippen molar-refractivity contribution in [3.05, 3.63) is 29.8 Å². The summed E-state index contributed by atoms with van der Waals surface area (Å²) in [5.74, 6) is -0.287. The van der Waals surface area contributed by atoms with Gasteiger partial charge in [0, 0.05) is 18.2 Å². The van der Waals surface area contributed by atoms with Crippen molar-refractivity contribution in [1.82, 2.24) is 10.6 Å². The minimum Gasteiger partial charge on any atom is -0.483 e.